The molecular weight excluding hydrogens is 320 g/mol. The first kappa shape index (κ1) is 17.8. The quantitative estimate of drug-likeness (QED) is 0.833. The van der Waals surface area contributed by atoms with Gasteiger partial charge in [-0.2, -0.15) is 0 Å². The van der Waals surface area contributed by atoms with Crippen molar-refractivity contribution in [1.29, 1.82) is 0 Å². The third kappa shape index (κ3) is 3.96. The van der Waals surface area contributed by atoms with Crippen LogP contribution in [0.3, 0.4) is 0 Å². The van der Waals surface area contributed by atoms with Crippen LogP contribution < -0.4 is 4.74 Å². The first-order chi connectivity index (χ1) is 12.1. The molecule has 2 aliphatic rings. The summed E-state index contributed by atoms with van der Waals surface area (Å²) in [6, 6.07) is 0. The van der Waals surface area contributed by atoms with Gasteiger partial charge in [0, 0.05) is 45.3 Å². The van der Waals surface area contributed by atoms with Crippen molar-refractivity contribution in [3.8, 4) is 5.88 Å². The normalized spacial score (nSPS) is 19.6. The number of carbonyl (C=O) groups is 2. The molecule has 1 aromatic rings. The molecule has 0 radical (unpaired) electrons. The van der Waals surface area contributed by atoms with E-state index < -0.39 is 0 Å². The summed E-state index contributed by atoms with van der Waals surface area (Å²) in [5.41, 5.74) is 0.488. The Kier molecular flexibility index (Phi) is 5.60. The molecule has 0 N–H and O–H groups in total. The highest BCUT2D eigenvalue weighted by molar-refractivity contribution is 5.96. The van der Waals surface area contributed by atoms with Gasteiger partial charge in [-0.1, -0.05) is 12.8 Å². The number of hydrogen-bond acceptors (Lipinski definition) is 4. The predicted octanol–water partition coefficient (Wildman–Crippen LogP) is 1.68. The summed E-state index contributed by atoms with van der Waals surface area (Å²) < 4.78 is 6.77. The van der Waals surface area contributed by atoms with E-state index in [2.05, 4.69) is 5.10 Å². The molecule has 0 unspecified atom stereocenters. The molecule has 0 aliphatic carbocycles. The van der Waals surface area contributed by atoms with Gasteiger partial charge in [-0.25, -0.2) is 0 Å². The van der Waals surface area contributed by atoms with Crippen molar-refractivity contribution in [2.45, 2.75) is 38.5 Å². The summed E-state index contributed by atoms with van der Waals surface area (Å²) in [4.78, 5) is 29.3. The molecule has 0 aromatic carbocycles. The molecule has 1 aromatic heterocycles. The average Bonchev–Trinajstić information content (AvgIpc) is 2.84. The minimum Gasteiger partial charge on any atom is -0.479 e. The van der Waals surface area contributed by atoms with E-state index in [9.17, 15) is 9.59 Å². The van der Waals surface area contributed by atoms with Crippen LogP contribution in [0.4, 0.5) is 0 Å². The number of rotatable bonds is 3. The standard InChI is InChI=1S/C18H28N4O3/c1-20-13-15(16(19-20)25-2)18(24)22-11-7-14(8-12-22)17(23)21-9-5-3-4-6-10-21/h13-14H,3-12H2,1-2H3. The van der Waals surface area contributed by atoms with E-state index in [-0.39, 0.29) is 17.7 Å². The molecular formula is C18H28N4O3. The van der Waals surface area contributed by atoms with Gasteiger partial charge in [0.25, 0.3) is 5.91 Å². The second-order valence-electron chi connectivity index (χ2n) is 7.03. The molecule has 3 heterocycles. The van der Waals surface area contributed by atoms with Crippen molar-refractivity contribution < 1.29 is 14.3 Å². The first-order valence-electron chi connectivity index (χ1n) is 9.26. The van der Waals surface area contributed by atoms with E-state index in [1.54, 1.807) is 17.9 Å². The van der Waals surface area contributed by atoms with Crippen molar-refractivity contribution in [3.63, 3.8) is 0 Å². The second kappa shape index (κ2) is 7.89. The lowest BCUT2D eigenvalue weighted by Crippen LogP contribution is -2.44. The fourth-order valence-corrected chi connectivity index (χ4v) is 3.81. The topological polar surface area (TPSA) is 67.7 Å². The van der Waals surface area contributed by atoms with E-state index in [1.165, 1.54) is 20.0 Å². The molecule has 0 atom stereocenters. The maximum atomic E-state index is 12.7. The number of aryl methyl sites for hydroxylation is 1. The number of piperidine rings is 1. The number of methoxy groups -OCH3 is 1. The van der Waals surface area contributed by atoms with E-state index >= 15 is 0 Å². The molecule has 2 amide bonds. The van der Waals surface area contributed by atoms with Gasteiger partial charge >= 0.3 is 0 Å². The number of carbonyl (C=O) groups excluding carboxylic acids is 2. The number of hydrogen-bond donors (Lipinski definition) is 0. The molecule has 7 nitrogen and oxygen atoms in total. The van der Waals surface area contributed by atoms with Crippen LogP contribution in [0.15, 0.2) is 6.20 Å². The Labute approximate surface area is 148 Å². The number of ether oxygens (including phenoxy) is 1. The van der Waals surface area contributed by atoms with Crippen molar-refractivity contribution in [1.82, 2.24) is 19.6 Å². The van der Waals surface area contributed by atoms with Crippen molar-refractivity contribution in [3.05, 3.63) is 11.8 Å². The van der Waals surface area contributed by atoms with Gasteiger partial charge in [-0.3, -0.25) is 14.3 Å². The molecule has 7 heteroatoms. The predicted molar refractivity (Wildman–Crippen MR) is 93.4 cm³/mol. The maximum Gasteiger partial charge on any atom is 0.260 e. The molecule has 0 bridgehead atoms. The lowest BCUT2D eigenvalue weighted by molar-refractivity contribution is -0.136. The molecule has 2 fully saturated rings. The summed E-state index contributed by atoms with van der Waals surface area (Å²) in [5, 5.41) is 4.14. The molecule has 0 saturated carbocycles. The van der Waals surface area contributed by atoms with Crippen molar-refractivity contribution in [2.75, 3.05) is 33.3 Å². The van der Waals surface area contributed by atoms with Crippen LogP contribution in [0.25, 0.3) is 0 Å². The Balaban J connectivity index is 1.57. The third-order valence-electron chi connectivity index (χ3n) is 5.27. The zero-order valence-corrected chi connectivity index (χ0v) is 15.2. The molecule has 3 rings (SSSR count). The van der Waals surface area contributed by atoms with Crippen LogP contribution in [0.5, 0.6) is 5.88 Å². The van der Waals surface area contributed by atoms with Gasteiger partial charge < -0.3 is 14.5 Å². The minimum atomic E-state index is -0.0642. The van der Waals surface area contributed by atoms with Crippen LogP contribution in [-0.2, 0) is 11.8 Å². The Morgan fingerprint density at radius 2 is 1.68 bits per heavy atom. The van der Waals surface area contributed by atoms with Gasteiger partial charge in [0.15, 0.2) is 0 Å². The number of amides is 2. The largest absolute Gasteiger partial charge is 0.479 e. The van der Waals surface area contributed by atoms with Crippen LogP contribution in [0, 0.1) is 5.92 Å². The maximum absolute atomic E-state index is 12.7. The Bertz CT molecular complexity index is 612. The third-order valence-corrected chi connectivity index (χ3v) is 5.27. The lowest BCUT2D eigenvalue weighted by atomic mass is 9.94. The summed E-state index contributed by atoms with van der Waals surface area (Å²) in [5.74, 6) is 0.631. The fourth-order valence-electron chi connectivity index (χ4n) is 3.81. The lowest BCUT2D eigenvalue weighted by Gasteiger charge is -2.34. The molecule has 138 valence electrons. The van der Waals surface area contributed by atoms with E-state index in [0.717, 1.165) is 38.8 Å². The van der Waals surface area contributed by atoms with Gasteiger partial charge in [-0.05, 0) is 25.7 Å². The van der Waals surface area contributed by atoms with Crippen molar-refractivity contribution >= 4 is 11.8 Å². The Morgan fingerprint density at radius 3 is 2.28 bits per heavy atom. The monoisotopic (exact) mass is 348 g/mol. The summed E-state index contributed by atoms with van der Waals surface area (Å²) in [6.45, 7) is 3.01. The summed E-state index contributed by atoms with van der Waals surface area (Å²) in [6.07, 6.45) is 7.85. The zero-order chi connectivity index (χ0) is 17.8. The number of nitrogens with zero attached hydrogens (tertiary/aromatic N) is 4. The highest BCUT2D eigenvalue weighted by Gasteiger charge is 2.32. The van der Waals surface area contributed by atoms with Crippen LogP contribution in [0.1, 0.15) is 48.9 Å². The number of likely N-dealkylation sites (tertiary alicyclic amines) is 2. The fraction of sp³-hybridized carbons (Fsp3) is 0.722. The Morgan fingerprint density at radius 1 is 1.04 bits per heavy atom. The van der Waals surface area contributed by atoms with E-state index in [1.807, 2.05) is 9.80 Å². The highest BCUT2D eigenvalue weighted by Crippen LogP contribution is 2.24. The smallest absolute Gasteiger partial charge is 0.260 e. The van der Waals surface area contributed by atoms with Crippen molar-refractivity contribution in [2.24, 2.45) is 13.0 Å². The van der Waals surface area contributed by atoms with Gasteiger partial charge in [0.05, 0.1) is 7.11 Å². The Hall–Kier alpha value is -2.05. The van der Waals surface area contributed by atoms with Crippen LogP contribution in [0.2, 0.25) is 0 Å². The first-order valence-corrected chi connectivity index (χ1v) is 9.26. The van der Waals surface area contributed by atoms with Gasteiger partial charge in [-0.15, -0.1) is 5.10 Å². The number of aromatic nitrogens is 2. The molecule has 0 spiro atoms. The molecule has 2 saturated heterocycles. The second-order valence-corrected chi connectivity index (χ2v) is 7.03. The van der Waals surface area contributed by atoms with Crippen LogP contribution in [-0.4, -0.2) is 64.7 Å². The van der Waals surface area contributed by atoms with Gasteiger partial charge in [0.2, 0.25) is 11.8 Å². The minimum absolute atomic E-state index is 0.0537. The molecule has 2 aliphatic heterocycles. The summed E-state index contributed by atoms with van der Waals surface area (Å²) >= 11 is 0. The zero-order valence-electron chi connectivity index (χ0n) is 15.2. The highest BCUT2D eigenvalue weighted by atomic mass is 16.5. The van der Waals surface area contributed by atoms with Gasteiger partial charge in [0.1, 0.15) is 5.56 Å². The van der Waals surface area contributed by atoms with Crippen LogP contribution >= 0.6 is 0 Å². The summed E-state index contributed by atoms with van der Waals surface area (Å²) in [7, 11) is 3.29. The van der Waals surface area contributed by atoms with E-state index in [0.29, 0.717) is 24.5 Å². The average molecular weight is 348 g/mol. The SMILES string of the molecule is COc1nn(C)cc1C(=O)N1CCC(C(=O)N2CCCCCC2)CC1. The molecule has 25 heavy (non-hydrogen) atoms. The van der Waals surface area contributed by atoms with E-state index in [4.69, 9.17) is 4.74 Å².